The van der Waals surface area contributed by atoms with E-state index in [0.717, 1.165) is 22.6 Å². The normalized spacial score (nSPS) is 15.8. The zero-order valence-corrected chi connectivity index (χ0v) is 18.4. The van der Waals surface area contributed by atoms with Crippen molar-refractivity contribution in [3.8, 4) is 5.75 Å². The topological polar surface area (TPSA) is 69.4 Å². The number of rotatable bonds is 5. The quantitative estimate of drug-likeness (QED) is 0.399. The summed E-state index contributed by atoms with van der Waals surface area (Å²) in [6.07, 6.45) is 2.92. The molecular formula is C23H19ClN4O2S. The summed E-state index contributed by atoms with van der Waals surface area (Å²) in [6.45, 7) is 0. The Morgan fingerprint density at radius 3 is 2.77 bits per heavy atom. The van der Waals surface area contributed by atoms with Gasteiger partial charge in [-0.05, 0) is 47.7 Å². The van der Waals surface area contributed by atoms with E-state index in [-0.39, 0.29) is 11.7 Å². The number of methoxy groups -OCH3 is 1. The number of ether oxygens (including phenoxy) is 1. The number of thioether (sulfide) groups is 1. The van der Waals surface area contributed by atoms with Gasteiger partial charge >= 0.3 is 0 Å². The zero-order valence-electron chi connectivity index (χ0n) is 16.8. The lowest BCUT2D eigenvalue weighted by molar-refractivity contribution is 0.0962. The molecule has 6 nitrogen and oxygen atoms in total. The molecule has 2 heterocycles. The Hall–Kier alpha value is -2.90. The van der Waals surface area contributed by atoms with Crippen LogP contribution in [0.3, 0.4) is 0 Å². The van der Waals surface area contributed by atoms with Gasteiger partial charge in [-0.1, -0.05) is 47.6 Å². The molecule has 31 heavy (non-hydrogen) atoms. The number of fused-ring (bicyclic) bond motifs is 2. The molecule has 0 unspecified atom stereocenters. The Morgan fingerprint density at radius 2 is 2.00 bits per heavy atom. The van der Waals surface area contributed by atoms with Crippen LogP contribution in [0.25, 0.3) is 5.78 Å². The summed E-state index contributed by atoms with van der Waals surface area (Å²) in [5.74, 6) is 2.20. The summed E-state index contributed by atoms with van der Waals surface area (Å²) in [4.78, 5) is 22.1. The number of halogens is 1. The Kier molecular flexibility index (Phi) is 5.38. The van der Waals surface area contributed by atoms with Gasteiger partial charge in [-0.25, -0.2) is 9.50 Å². The Labute approximate surface area is 188 Å². The first kappa shape index (κ1) is 20.0. The Balaban J connectivity index is 1.38. The third-order valence-corrected chi connectivity index (χ3v) is 6.55. The smallest absolute Gasteiger partial charge is 0.253 e. The number of carbonyl (C=O) groups is 1. The van der Waals surface area contributed by atoms with Gasteiger partial charge in [-0.3, -0.25) is 4.79 Å². The number of hydrogen-bond donors (Lipinski definition) is 0. The molecule has 0 N–H and O–H groups in total. The van der Waals surface area contributed by atoms with Gasteiger partial charge in [0.15, 0.2) is 5.78 Å². The van der Waals surface area contributed by atoms with E-state index in [1.807, 2.05) is 48.5 Å². The molecule has 0 saturated carbocycles. The number of hydrogen-bond acceptors (Lipinski definition) is 6. The number of carbonyl (C=O) groups excluding carboxylic acids is 1. The van der Waals surface area contributed by atoms with Gasteiger partial charge < -0.3 is 4.74 Å². The molecule has 1 aliphatic carbocycles. The lowest BCUT2D eigenvalue weighted by Gasteiger charge is -2.23. The Morgan fingerprint density at radius 1 is 1.16 bits per heavy atom. The van der Waals surface area contributed by atoms with Crippen molar-refractivity contribution in [3.63, 3.8) is 0 Å². The molecule has 4 aromatic rings. The average Bonchev–Trinajstić information content (AvgIpc) is 3.18. The molecule has 8 heteroatoms. The largest absolute Gasteiger partial charge is 0.497 e. The maximum Gasteiger partial charge on any atom is 0.253 e. The van der Waals surface area contributed by atoms with Gasteiger partial charge in [0.05, 0.1) is 18.4 Å². The van der Waals surface area contributed by atoms with E-state index in [4.69, 9.17) is 16.3 Å². The lowest BCUT2D eigenvalue weighted by atomic mass is 9.82. The molecule has 1 aliphatic rings. The van der Waals surface area contributed by atoms with Crippen LogP contribution in [-0.4, -0.2) is 32.5 Å². The Bertz CT molecular complexity index is 1270. The van der Waals surface area contributed by atoms with Crippen molar-refractivity contribution in [2.75, 3.05) is 7.11 Å². The van der Waals surface area contributed by atoms with Crippen LogP contribution in [0.1, 0.15) is 39.5 Å². The second-order valence-electron chi connectivity index (χ2n) is 7.46. The zero-order chi connectivity index (χ0) is 21.4. The van der Waals surface area contributed by atoms with Gasteiger partial charge in [0.2, 0.25) is 5.16 Å². The summed E-state index contributed by atoms with van der Waals surface area (Å²) in [5, 5.41) is 5.82. The van der Waals surface area contributed by atoms with Crippen molar-refractivity contribution in [1.82, 2.24) is 19.6 Å². The van der Waals surface area contributed by atoms with Crippen LogP contribution in [0.15, 0.2) is 59.9 Å². The molecule has 5 rings (SSSR count). The molecule has 2 aromatic carbocycles. The van der Waals surface area contributed by atoms with Gasteiger partial charge in [0, 0.05) is 23.4 Å². The highest BCUT2D eigenvalue weighted by molar-refractivity contribution is 7.98. The number of nitrogens with zero attached hydrogens (tertiary/aromatic N) is 4. The molecule has 0 radical (unpaired) electrons. The second kappa shape index (κ2) is 8.32. The van der Waals surface area contributed by atoms with Crippen molar-refractivity contribution in [2.45, 2.75) is 29.7 Å². The molecule has 0 bridgehead atoms. The number of ketones is 1. The number of aromatic nitrogens is 4. The first-order valence-electron chi connectivity index (χ1n) is 9.90. The van der Waals surface area contributed by atoms with E-state index in [0.29, 0.717) is 40.1 Å². The summed E-state index contributed by atoms with van der Waals surface area (Å²) in [5.41, 5.74) is 3.62. The minimum atomic E-state index is 0.0834. The molecule has 0 amide bonds. The van der Waals surface area contributed by atoms with E-state index in [1.165, 1.54) is 11.8 Å². The fourth-order valence-electron chi connectivity index (χ4n) is 3.81. The van der Waals surface area contributed by atoms with Gasteiger partial charge in [-0.2, -0.15) is 4.98 Å². The predicted octanol–water partition coefficient (Wildman–Crippen LogP) is 4.99. The summed E-state index contributed by atoms with van der Waals surface area (Å²) in [6, 6.07) is 15.6. The average molecular weight is 451 g/mol. The maximum absolute atomic E-state index is 12.8. The molecule has 156 valence electrons. The van der Waals surface area contributed by atoms with Crippen LogP contribution in [0.2, 0.25) is 5.02 Å². The molecule has 2 aromatic heterocycles. The van der Waals surface area contributed by atoms with E-state index in [1.54, 1.807) is 17.8 Å². The van der Waals surface area contributed by atoms with Crippen LogP contribution in [0.5, 0.6) is 5.75 Å². The second-order valence-corrected chi connectivity index (χ2v) is 8.84. The molecule has 0 fully saturated rings. The van der Waals surface area contributed by atoms with E-state index < -0.39 is 0 Å². The molecule has 0 saturated heterocycles. The van der Waals surface area contributed by atoms with Crippen molar-refractivity contribution in [2.24, 2.45) is 0 Å². The van der Waals surface area contributed by atoms with Crippen LogP contribution >= 0.6 is 23.4 Å². The van der Waals surface area contributed by atoms with Crippen molar-refractivity contribution < 1.29 is 9.53 Å². The lowest BCUT2D eigenvalue weighted by Crippen LogP contribution is -2.21. The molecule has 1 atom stereocenters. The van der Waals surface area contributed by atoms with Gasteiger partial charge in [-0.15, -0.1) is 5.10 Å². The fraction of sp³-hybridized carbons (Fsp3) is 0.217. The number of benzene rings is 2. The third-order valence-electron chi connectivity index (χ3n) is 5.41. The van der Waals surface area contributed by atoms with Crippen LogP contribution in [0, 0.1) is 0 Å². The fourth-order valence-corrected chi connectivity index (χ4v) is 4.79. The monoisotopic (exact) mass is 450 g/mol. The van der Waals surface area contributed by atoms with Crippen LogP contribution in [0.4, 0.5) is 0 Å². The first-order valence-corrected chi connectivity index (χ1v) is 11.3. The minimum Gasteiger partial charge on any atom is -0.497 e. The summed E-state index contributed by atoms with van der Waals surface area (Å²) < 4.78 is 6.83. The van der Waals surface area contributed by atoms with Gasteiger partial charge in [0.25, 0.3) is 5.78 Å². The van der Waals surface area contributed by atoms with E-state index in [9.17, 15) is 4.79 Å². The summed E-state index contributed by atoms with van der Waals surface area (Å²) in [7, 11) is 1.64. The van der Waals surface area contributed by atoms with Crippen molar-refractivity contribution in [3.05, 3.63) is 82.1 Å². The SMILES string of the molecule is COc1ccc([C@H]2CC(=O)c3cn4nc(SCc5cccc(Cl)c5)nc4nc3C2)cc1. The summed E-state index contributed by atoms with van der Waals surface area (Å²) >= 11 is 7.57. The molecular weight excluding hydrogens is 432 g/mol. The van der Waals surface area contributed by atoms with E-state index >= 15 is 0 Å². The molecule has 0 spiro atoms. The molecule has 0 aliphatic heterocycles. The van der Waals surface area contributed by atoms with Crippen LogP contribution in [-0.2, 0) is 12.2 Å². The van der Waals surface area contributed by atoms with E-state index in [2.05, 4.69) is 15.1 Å². The third kappa shape index (κ3) is 4.16. The highest BCUT2D eigenvalue weighted by Gasteiger charge is 2.28. The number of Topliss-reactive ketones (excluding diaryl/α,β-unsaturated/α-hetero) is 1. The van der Waals surface area contributed by atoms with Crippen molar-refractivity contribution >= 4 is 34.9 Å². The predicted molar refractivity (Wildman–Crippen MR) is 120 cm³/mol. The first-order chi connectivity index (χ1) is 15.1. The standard InChI is InChI=1S/C23H19ClN4O2S/c1-30-18-7-5-15(6-8-18)16-10-20-19(21(29)11-16)12-28-22(25-20)26-23(27-28)31-13-14-3-2-4-17(24)9-14/h2-9,12,16H,10-11,13H2,1H3/t16-/m1/s1. The maximum atomic E-state index is 12.8. The minimum absolute atomic E-state index is 0.0834. The highest BCUT2D eigenvalue weighted by Crippen LogP contribution is 2.33. The van der Waals surface area contributed by atoms with Crippen LogP contribution < -0.4 is 4.74 Å². The van der Waals surface area contributed by atoms with Crippen molar-refractivity contribution in [1.29, 1.82) is 0 Å². The highest BCUT2D eigenvalue weighted by atomic mass is 35.5. The van der Waals surface area contributed by atoms with Gasteiger partial charge in [0.1, 0.15) is 5.75 Å².